The van der Waals surface area contributed by atoms with E-state index in [1.165, 1.54) is 24.3 Å². The summed E-state index contributed by atoms with van der Waals surface area (Å²) in [5.74, 6) is -0.305. The van der Waals surface area contributed by atoms with Crippen LogP contribution in [0.25, 0.3) is 0 Å². The molecule has 0 bridgehead atoms. The van der Waals surface area contributed by atoms with Crippen LogP contribution in [0.3, 0.4) is 0 Å². The predicted molar refractivity (Wildman–Crippen MR) is 76.0 cm³/mol. The van der Waals surface area contributed by atoms with Crippen molar-refractivity contribution < 1.29 is 9.66 Å². The minimum atomic E-state index is -0.622. The van der Waals surface area contributed by atoms with Crippen molar-refractivity contribution in [2.45, 2.75) is 6.92 Å². The second-order valence-electron chi connectivity index (χ2n) is 4.06. The van der Waals surface area contributed by atoms with Crippen LogP contribution in [-0.4, -0.2) is 20.7 Å². The van der Waals surface area contributed by atoms with Crippen LogP contribution in [0, 0.1) is 22.4 Å². The Bertz CT molecular complexity index is 735. The fraction of sp³-hybridized carbons (Fsp3) is 0.0833. The summed E-state index contributed by atoms with van der Waals surface area (Å²) in [6, 6.07) is 5.33. The van der Waals surface area contributed by atoms with Crippen LogP contribution >= 0.6 is 11.6 Å². The van der Waals surface area contributed by atoms with E-state index in [2.05, 4.69) is 9.97 Å². The SMILES string of the molecule is Cc1cc(C(=N)N)nc(Oc2ccc(Cl)cc2[N+](=O)[O-])n1. The highest BCUT2D eigenvalue weighted by atomic mass is 35.5. The Labute approximate surface area is 124 Å². The summed E-state index contributed by atoms with van der Waals surface area (Å²) in [7, 11) is 0. The number of nitrogens with two attached hydrogens (primary N) is 1. The Morgan fingerprint density at radius 2 is 2.14 bits per heavy atom. The fourth-order valence-corrected chi connectivity index (χ4v) is 1.71. The summed E-state index contributed by atoms with van der Waals surface area (Å²) >= 11 is 5.72. The van der Waals surface area contributed by atoms with Crippen LogP contribution in [0.2, 0.25) is 5.02 Å². The molecule has 0 fully saturated rings. The molecule has 9 heteroatoms. The number of aromatic nitrogens is 2. The summed E-state index contributed by atoms with van der Waals surface area (Å²) in [6.45, 7) is 1.66. The van der Waals surface area contributed by atoms with Crippen molar-refractivity contribution in [3.63, 3.8) is 0 Å². The number of benzene rings is 1. The highest BCUT2D eigenvalue weighted by Crippen LogP contribution is 2.32. The van der Waals surface area contributed by atoms with E-state index in [1.54, 1.807) is 6.92 Å². The van der Waals surface area contributed by atoms with Crippen LogP contribution in [0.15, 0.2) is 24.3 Å². The Morgan fingerprint density at radius 3 is 2.76 bits per heavy atom. The van der Waals surface area contributed by atoms with E-state index in [-0.39, 0.29) is 34.0 Å². The number of amidine groups is 1. The molecule has 0 saturated carbocycles. The van der Waals surface area contributed by atoms with Gasteiger partial charge in [0.2, 0.25) is 5.75 Å². The molecule has 1 aromatic heterocycles. The molecule has 0 spiro atoms. The van der Waals surface area contributed by atoms with Gasteiger partial charge in [0.1, 0.15) is 11.5 Å². The van der Waals surface area contributed by atoms with E-state index in [0.717, 1.165) is 0 Å². The van der Waals surface area contributed by atoms with Gasteiger partial charge in [0.15, 0.2) is 0 Å². The number of aryl methyl sites for hydroxylation is 1. The zero-order chi connectivity index (χ0) is 15.6. The van der Waals surface area contributed by atoms with E-state index in [4.69, 9.17) is 27.5 Å². The largest absolute Gasteiger partial charge is 0.417 e. The van der Waals surface area contributed by atoms with Crippen molar-refractivity contribution in [2.75, 3.05) is 0 Å². The van der Waals surface area contributed by atoms with Gasteiger partial charge in [-0.2, -0.15) is 4.98 Å². The molecule has 21 heavy (non-hydrogen) atoms. The molecule has 1 aromatic carbocycles. The number of nitro benzene ring substituents is 1. The second kappa shape index (κ2) is 5.71. The van der Waals surface area contributed by atoms with Gasteiger partial charge in [-0.3, -0.25) is 15.5 Å². The number of ether oxygens (including phenoxy) is 1. The topological polar surface area (TPSA) is 128 Å². The predicted octanol–water partition coefficient (Wildman–Crippen LogP) is 2.42. The number of nitro groups is 1. The number of nitrogen functional groups attached to an aromatic ring is 1. The van der Waals surface area contributed by atoms with E-state index >= 15 is 0 Å². The smallest absolute Gasteiger partial charge is 0.323 e. The molecule has 8 nitrogen and oxygen atoms in total. The van der Waals surface area contributed by atoms with Crippen molar-refractivity contribution in [2.24, 2.45) is 5.73 Å². The Balaban J connectivity index is 2.43. The zero-order valence-corrected chi connectivity index (χ0v) is 11.6. The lowest BCUT2D eigenvalue weighted by atomic mass is 10.3. The molecular formula is C12H10ClN5O3. The molecule has 0 aliphatic rings. The third-order valence-corrected chi connectivity index (χ3v) is 2.66. The average molecular weight is 308 g/mol. The average Bonchev–Trinajstić information content (AvgIpc) is 2.40. The van der Waals surface area contributed by atoms with Crippen molar-refractivity contribution in [3.8, 4) is 11.8 Å². The van der Waals surface area contributed by atoms with Crippen LogP contribution < -0.4 is 10.5 Å². The lowest BCUT2D eigenvalue weighted by Gasteiger charge is -2.07. The van der Waals surface area contributed by atoms with Gasteiger partial charge < -0.3 is 10.5 Å². The van der Waals surface area contributed by atoms with Crippen molar-refractivity contribution in [3.05, 3.63) is 50.8 Å². The number of rotatable bonds is 4. The first-order valence-electron chi connectivity index (χ1n) is 5.68. The van der Waals surface area contributed by atoms with Crippen molar-refractivity contribution >= 4 is 23.1 Å². The van der Waals surface area contributed by atoms with Crippen LogP contribution in [0.1, 0.15) is 11.4 Å². The van der Waals surface area contributed by atoms with Crippen LogP contribution in [0.4, 0.5) is 5.69 Å². The van der Waals surface area contributed by atoms with E-state index in [0.29, 0.717) is 5.69 Å². The molecule has 1 heterocycles. The number of hydrogen-bond donors (Lipinski definition) is 2. The first-order chi connectivity index (χ1) is 9.86. The summed E-state index contributed by atoms with van der Waals surface area (Å²) in [4.78, 5) is 18.3. The third kappa shape index (κ3) is 3.42. The molecule has 0 aliphatic heterocycles. The summed E-state index contributed by atoms with van der Waals surface area (Å²) in [6.07, 6.45) is 0. The normalized spacial score (nSPS) is 10.2. The minimum absolute atomic E-state index is 0.0514. The Hall–Kier alpha value is -2.74. The molecule has 0 amide bonds. The molecule has 0 atom stereocenters. The first kappa shape index (κ1) is 14.7. The zero-order valence-electron chi connectivity index (χ0n) is 10.8. The van der Waals surface area contributed by atoms with Gasteiger partial charge in [0, 0.05) is 16.8 Å². The molecule has 0 saturated heterocycles. The van der Waals surface area contributed by atoms with Gasteiger partial charge >= 0.3 is 11.7 Å². The van der Waals surface area contributed by atoms with Crippen LogP contribution in [-0.2, 0) is 0 Å². The Morgan fingerprint density at radius 1 is 1.43 bits per heavy atom. The maximum atomic E-state index is 11.0. The van der Waals surface area contributed by atoms with Gasteiger partial charge in [0.25, 0.3) is 0 Å². The van der Waals surface area contributed by atoms with Gasteiger partial charge in [0.05, 0.1) is 4.92 Å². The van der Waals surface area contributed by atoms with Gasteiger partial charge in [-0.05, 0) is 25.1 Å². The highest BCUT2D eigenvalue weighted by molar-refractivity contribution is 6.30. The van der Waals surface area contributed by atoms with E-state index < -0.39 is 4.92 Å². The second-order valence-corrected chi connectivity index (χ2v) is 4.50. The monoisotopic (exact) mass is 307 g/mol. The number of nitrogens with one attached hydrogen (secondary N) is 1. The third-order valence-electron chi connectivity index (χ3n) is 2.43. The summed E-state index contributed by atoms with van der Waals surface area (Å²) in [5, 5.41) is 18.5. The van der Waals surface area contributed by atoms with Gasteiger partial charge in [-0.25, -0.2) is 4.98 Å². The maximum Gasteiger partial charge on any atom is 0.323 e. The molecule has 3 N–H and O–H groups in total. The van der Waals surface area contributed by atoms with Gasteiger partial charge in [-0.1, -0.05) is 11.6 Å². The van der Waals surface area contributed by atoms with Crippen LogP contribution in [0.5, 0.6) is 11.8 Å². The highest BCUT2D eigenvalue weighted by Gasteiger charge is 2.18. The minimum Gasteiger partial charge on any atom is -0.417 e. The quantitative estimate of drug-likeness (QED) is 0.386. The molecule has 0 aliphatic carbocycles. The number of halogens is 1. The molecule has 0 unspecified atom stereocenters. The molecule has 108 valence electrons. The molecular weight excluding hydrogens is 298 g/mol. The van der Waals surface area contributed by atoms with E-state index in [1.807, 2.05) is 0 Å². The summed E-state index contributed by atoms with van der Waals surface area (Å²) in [5.41, 5.74) is 5.74. The van der Waals surface area contributed by atoms with E-state index in [9.17, 15) is 10.1 Å². The van der Waals surface area contributed by atoms with Crippen molar-refractivity contribution in [1.82, 2.24) is 9.97 Å². The molecule has 2 rings (SSSR count). The molecule has 2 aromatic rings. The lowest BCUT2D eigenvalue weighted by molar-refractivity contribution is -0.385. The summed E-state index contributed by atoms with van der Waals surface area (Å²) < 4.78 is 5.32. The molecule has 0 radical (unpaired) electrons. The number of hydrogen-bond acceptors (Lipinski definition) is 6. The lowest BCUT2D eigenvalue weighted by Crippen LogP contribution is -2.14. The maximum absolute atomic E-state index is 11.0. The standard InChI is InChI=1S/C12H10ClN5O3/c1-6-4-8(11(14)15)17-12(16-6)21-10-3-2-7(13)5-9(10)18(19)20/h2-5H,1H3,(H3,14,15). The Kier molecular flexibility index (Phi) is 3.99. The number of nitrogens with zero attached hydrogens (tertiary/aromatic N) is 3. The first-order valence-corrected chi connectivity index (χ1v) is 6.06. The van der Waals surface area contributed by atoms with Crippen molar-refractivity contribution in [1.29, 1.82) is 5.41 Å². The van der Waals surface area contributed by atoms with Gasteiger partial charge in [-0.15, -0.1) is 0 Å². The fourth-order valence-electron chi connectivity index (χ4n) is 1.54.